The summed E-state index contributed by atoms with van der Waals surface area (Å²) in [6.45, 7) is 4.90. The number of ether oxygens (including phenoxy) is 1. The van der Waals surface area contributed by atoms with Gasteiger partial charge in [0.25, 0.3) is 0 Å². The number of rotatable bonds is 6. The molecule has 112 valence electrons. The highest BCUT2D eigenvalue weighted by atomic mass is 79.9. The Balaban J connectivity index is 1.76. The molecule has 0 fully saturated rings. The summed E-state index contributed by atoms with van der Waals surface area (Å²) >= 11 is 5.35. The topological polar surface area (TPSA) is 35.2 Å². The lowest BCUT2D eigenvalue weighted by atomic mass is 10.1. The average Bonchev–Trinajstić information content (AvgIpc) is 2.44. The molecule has 2 aromatic carbocycles. The van der Waals surface area contributed by atoms with Gasteiger partial charge in [-0.25, -0.2) is 0 Å². The molecule has 0 aliphatic heterocycles. The number of hydrogen-bond donors (Lipinski definition) is 1. The lowest BCUT2D eigenvalue weighted by molar-refractivity contribution is 0.316. The number of nitrogens with two attached hydrogens (primary N) is 1. The first-order chi connectivity index (χ1) is 10.1. The van der Waals surface area contributed by atoms with Crippen LogP contribution in [0.2, 0.25) is 0 Å². The molecule has 2 aromatic rings. The Bertz CT molecular complexity index is 616. The van der Waals surface area contributed by atoms with Crippen molar-refractivity contribution in [3.63, 3.8) is 0 Å². The van der Waals surface area contributed by atoms with E-state index >= 15 is 0 Å². The molecule has 0 saturated carbocycles. The summed E-state index contributed by atoms with van der Waals surface area (Å²) in [5.41, 5.74) is 8.94. The number of anilines is 1. The van der Waals surface area contributed by atoms with Gasteiger partial charge in [0.05, 0.1) is 6.61 Å². The van der Waals surface area contributed by atoms with Crippen LogP contribution in [0.1, 0.15) is 17.5 Å². The monoisotopic (exact) mass is 365 g/mol. The fourth-order valence-electron chi connectivity index (χ4n) is 1.92. The highest BCUT2D eigenvalue weighted by Crippen LogP contribution is 2.29. The summed E-state index contributed by atoms with van der Waals surface area (Å²) < 4.78 is 6.92. The maximum Gasteiger partial charge on any atom is 0.122 e. The molecule has 0 unspecified atom stereocenters. The van der Waals surface area contributed by atoms with E-state index in [1.54, 1.807) is 0 Å². The summed E-state index contributed by atoms with van der Waals surface area (Å²) in [4.78, 5) is 1.22. The molecule has 21 heavy (non-hydrogen) atoms. The summed E-state index contributed by atoms with van der Waals surface area (Å²) in [5.74, 6) is 2.02. The molecule has 0 aliphatic carbocycles. The summed E-state index contributed by atoms with van der Waals surface area (Å²) in [7, 11) is 0. The van der Waals surface area contributed by atoms with Crippen molar-refractivity contribution in [3.05, 3.63) is 52.0 Å². The zero-order chi connectivity index (χ0) is 15.2. The van der Waals surface area contributed by atoms with Crippen molar-refractivity contribution in [1.29, 1.82) is 0 Å². The van der Waals surface area contributed by atoms with Gasteiger partial charge < -0.3 is 10.5 Å². The van der Waals surface area contributed by atoms with E-state index in [2.05, 4.69) is 54.0 Å². The first-order valence-electron chi connectivity index (χ1n) is 6.94. The number of aryl methyl sites for hydroxylation is 2. The van der Waals surface area contributed by atoms with Crippen molar-refractivity contribution in [3.8, 4) is 5.75 Å². The average molecular weight is 366 g/mol. The highest BCUT2D eigenvalue weighted by Gasteiger charge is 2.02. The van der Waals surface area contributed by atoms with Crippen LogP contribution in [0, 0.1) is 13.8 Å². The van der Waals surface area contributed by atoms with Gasteiger partial charge in [-0.05, 0) is 71.6 Å². The van der Waals surface area contributed by atoms with Crippen molar-refractivity contribution in [2.45, 2.75) is 25.2 Å². The largest absolute Gasteiger partial charge is 0.493 e. The summed E-state index contributed by atoms with van der Waals surface area (Å²) in [6.07, 6.45) is 1.01. The summed E-state index contributed by atoms with van der Waals surface area (Å²) in [6, 6.07) is 12.2. The molecule has 4 heteroatoms. The molecule has 0 spiro atoms. The Morgan fingerprint density at radius 2 is 1.95 bits per heavy atom. The third-order valence-electron chi connectivity index (χ3n) is 3.10. The van der Waals surface area contributed by atoms with Crippen molar-refractivity contribution in [2.24, 2.45) is 0 Å². The predicted molar refractivity (Wildman–Crippen MR) is 95.3 cm³/mol. The van der Waals surface area contributed by atoms with E-state index in [0.29, 0.717) is 0 Å². The van der Waals surface area contributed by atoms with Gasteiger partial charge in [-0.15, -0.1) is 11.8 Å². The summed E-state index contributed by atoms with van der Waals surface area (Å²) in [5, 5.41) is 0. The second-order valence-electron chi connectivity index (χ2n) is 5.01. The molecule has 0 atom stereocenters. The van der Waals surface area contributed by atoms with Crippen LogP contribution in [0.15, 0.2) is 45.8 Å². The first kappa shape index (κ1) is 16.2. The zero-order valence-corrected chi connectivity index (χ0v) is 14.8. The molecule has 0 amide bonds. The van der Waals surface area contributed by atoms with E-state index in [4.69, 9.17) is 10.5 Å². The minimum absolute atomic E-state index is 0.740. The number of thioether (sulfide) groups is 1. The van der Waals surface area contributed by atoms with Crippen LogP contribution in [-0.4, -0.2) is 12.4 Å². The Kier molecular flexibility index (Phi) is 6.00. The molecule has 2 nitrogen and oxygen atoms in total. The molecule has 2 rings (SSSR count). The zero-order valence-electron chi connectivity index (χ0n) is 12.4. The molecule has 0 aromatic heterocycles. The number of hydrogen-bond acceptors (Lipinski definition) is 3. The highest BCUT2D eigenvalue weighted by molar-refractivity contribution is 9.10. The van der Waals surface area contributed by atoms with Gasteiger partial charge in [-0.2, -0.15) is 0 Å². The molecule has 2 N–H and O–H groups in total. The minimum Gasteiger partial charge on any atom is -0.493 e. The molecule has 0 radical (unpaired) electrons. The minimum atomic E-state index is 0.740. The van der Waals surface area contributed by atoms with Crippen LogP contribution in [0.3, 0.4) is 0 Å². The van der Waals surface area contributed by atoms with Crippen LogP contribution in [0.4, 0.5) is 5.69 Å². The number of nitrogen functional groups attached to an aromatic ring is 1. The molecule has 0 saturated heterocycles. The molecular weight excluding hydrogens is 346 g/mol. The Hall–Kier alpha value is -1.13. The maximum absolute atomic E-state index is 5.86. The first-order valence-corrected chi connectivity index (χ1v) is 8.72. The smallest absolute Gasteiger partial charge is 0.122 e. The van der Waals surface area contributed by atoms with Gasteiger partial charge >= 0.3 is 0 Å². The Labute approximate surface area is 139 Å². The predicted octanol–water partition coefficient (Wildman–Crippen LogP) is 5.21. The van der Waals surface area contributed by atoms with Crippen LogP contribution < -0.4 is 10.5 Å². The van der Waals surface area contributed by atoms with Gasteiger partial charge in [0.2, 0.25) is 0 Å². The quantitative estimate of drug-likeness (QED) is 0.433. The lowest BCUT2D eigenvalue weighted by Crippen LogP contribution is -2.00. The van der Waals surface area contributed by atoms with Gasteiger partial charge in [-0.3, -0.25) is 0 Å². The van der Waals surface area contributed by atoms with Crippen molar-refractivity contribution < 1.29 is 4.74 Å². The van der Waals surface area contributed by atoms with Gasteiger partial charge in [0.1, 0.15) is 5.75 Å². The number of halogens is 1. The molecule has 0 heterocycles. The van der Waals surface area contributed by atoms with E-state index in [9.17, 15) is 0 Å². The molecule has 0 aliphatic rings. The van der Waals surface area contributed by atoms with Gasteiger partial charge in [-0.1, -0.05) is 12.1 Å². The van der Waals surface area contributed by atoms with E-state index in [0.717, 1.165) is 34.7 Å². The standard InChI is InChI=1S/C17H20BrNOS/c1-12-4-5-13(2)16(10-12)20-8-3-9-21-17-7-6-14(19)11-15(17)18/h4-7,10-11H,3,8-9,19H2,1-2H3. The fraction of sp³-hybridized carbons (Fsp3) is 0.294. The second kappa shape index (κ2) is 7.76. The van der Waals surface area contributed by atoms with Crippen molar-refractivity contribution >= 4 is 33.4 Å². The third kappa shape index (κ3) is 4.97. The van der Waals surface area contributed by atoms with E-state index in [-0.39, 0.29) is 0 Å². The van der Waals surface area contributed by atoms with E-state index in [1.165, 1.54) is 16.0 Å². The lowest BCUT2D eigenvalue weighted by Gasteiger charge is -2.10. The van der Waals surface area contributed by atoms with E-state index in [1.807, 2.05) is 23.9 Å². The van der Waals surface area contributed by atoms with Crippen LogP contribution in [0.5, 0.6) is 5.75 Å². The van der Waals surface area contributed by atoms with Gasteiger partial charge in [0.15, 0.2) is 0 Å². The fourth-order valence-corrected chi connectivity index (χ4v) is 3.50. The van der Waals surface area contributed by atoms with E-state index < -0.39 is 0 Å². The van der Waals surface area contributed by atoms with Crippen LogP contribution >= 0.6 is 27.7 Å². The maximum atomic E-state index is 5.86. The second-order valence-corrected chi connectivity index (χ2v) is 7.00. The van der Waals surface area contributed by atoms with Crippen LogP contribution in [0.25, 0.3) is 0 Å². The Morgan fingerprint density at radius 1 is 1.14 bits per heavy atom. The molecular formula is C17H20BrNOS. The van der Waals surface area contributed by atoms with Crippen molar-refractivity contribution in [2.75, 3.05) is 18.1 Å². The number of benzene rings is 2. The van der Waals surface area contributed by atoms with Crippen molar-refractivity contribution in [1.82, 2.24) is 0 Å². The van der Waals surface area contributed by atoms with Crippen LogP contribution in [-0.2, 0) is 0 Å². The normalized spacial score (nSPS) is 10.6. The molecule has 0 bridgehead atoms. The third-order valence-corrected chi connectivity index (χ3v) is 5.18. The van der Waals surface area contributed by atoms with Gasteiger partial charge in [0, 0.05) is 20.8 Å². The Morgan fingerprint density at radius 3 is 2.71 bits per heavy atom. The SMILES string of the molecule is Cc1ccc(C)c(OCCCSc2ccc(N)cc2Br)c1.